The van der Waals surface area contributed by atoms with Crippen LogP contribution in [0.2, 0.25) is 0 Å². The van der Waals surface area contributed by atoms with Crippen molar-refractivity contribution in [1.82, 2.24) is 10.2 Å². The van der Waals surface area contributed by atoms with Gasteiger partial charge in [-0.05, 0) is 56.9 Å². The molecule has 0 atom stereocenters. The normalized spacial score (nSPS) is 15.0. The van der Waals surface area contributed by atoms with Gasteiger partial charge >= 0.3 is 0 Å². The van der Waals surface area contributed by atoms with Gasteiger partial charge in [0.1, 0.15) is 0 Å². The molecule has 0 unspecified atom stereocenters. The van der Waals surface area contributed by atoms with Crippen LogP contribution in [0.3, 0.4) is 0 Å². The fourth-order valence-electron chi connectivity index (χ4n) is 3.13. The van der Waals surface area contributed by atoms with Gasteiger partial charge in [0, 0.05) is 32.1 Å². The molecule has 0 bridgehead atoms. The lowest BCUT2D eigenvalue weighted by atomic mass is 10.2. The molecule has 0 spiro atoms. The maximum absolute atomic E-state index is 12.0. The van der Waals surface area contributed by atoms with Crippen molar-refractivity contribution in [3.05, 3.63) is 29.8 Å². The summed E-state index contributed by atoms with van der Waals surface area (Å²) in [5.41, 5.74) is 0.860. The lowest BCUT2D eigenvalue weighted by Crippen LogP contribution is -2.33. The maximum atomic E-state index is 12.0. The van der Waals surface area contributed by atoms with E-state index < -0.39 is 0 Å². The Labute approximate surface area is 167 Å². The molecule has 28 heavy (non-hydrogen) atoms. The molecular formula is C22H32N2O4. The van der Waals surface area contributed by atoms with E-state index in [1.54, 1.807) is 13.2 Å². The van der Waals surface area contributed by atoms with Crippen LogP contribution in [-0.4, -0.2) is 49.6 Å². The summed E-state index contributed by atoms with van der Waals surface area (Å²) in [7, 11) is 1.60. The minimum absolute atomic E-state index is 0.0608. The third-order valence-corrected chi connectivity index (χ3v) is 4.55. The highest BCUT2D eigenvalue weighted by atomic mass is 16.5. The lowest BCUT2D eigenvalue weighted by molar-refractivity contribution is -0.130. The summed E-state index contributed by atoms with van der Waals surface area (Å²) in [6.07, 6.45) is 7.92. The standard InChI is InChI=1S/C22H32N2O4/c1-17(2)28-19-11-9-18(16-20(19)27-3)10-12-21(25)23-13-7-15-24-14-6-4-5-8-22(24)26/h9-12,16-17H,4-8,13-15H2,1-3H3,(H,23,25). The zero-order chi connectivity index (χ0) is 20.4. The van der Waals surface area contributed by atoms with E-state index in [4.69, 9.17) is 9.47 Å². The molecule has 1 aliphatic rings. The molecule has 1 aromatic carbocycles. The molecular weight excluding hydrogens is 356 g/mol. The Morgan fingerprint density at radius 2 is 2.07 bits per heavy atom. The summed E-state index contributed by atoms with van der Waals surface area (Å²) in [6.45, 7) is 6.01. The Morgan fingerprint density at radius 3 is 2.82 bits per heavy atom. The van der Waals surface area contributed by atoms with Crippen molar-refractivity contribution in [3.8, 4) is 11.5 Å². The number of carbonyl (C=O) groups is 2. The SMILES string of the molecule is COc1cc(C=CC(=O)NCCCN2CCCCCC2=O)ccc1OC(C)C. The van der Waals surface area contributed by atoms with Gasteiger partial charge in [-0.15, -0.1) is 0 Å². The first-order valence-electron chi connectivity index (χ1n) is 10.1. The van der Waals surface area contributed by atoms with Crippen LogP contribution in [0.4, 0.5) is 0 Å². The molecule has 1 N–H and O–H groups in total. The average molecular weight is 389 g/mol. The van der Waals surface area contributed by atoms with Crippen LogP contribution in [0.25, 0.3) is 6.08 Å². The van der Waals surface area contributed by atoms with Gasteiger partial charge in [0.15, 0.2) is 11.5 Å². The third-order valence-electron chi connectivity index (χ3n) is 4.55. The Balaban J connectivity index is 1.77. The molecule has 0 aliphatic carbocycles. The highest BCUT2D eigenvalue weighted by Crippen LogP contribution is 2.29. The number of methoxy groups -OCH3 is 1. The number of likely N-dealkylation sites (tertiary alicyclic amines) is 1. The molecule has 1 aliphatic heterocycles. The van der Waals surface area contributed by atoms with Crippen molar-refractivity contribution in [2.24, 2.45) is 0 Å². The van der Waals surface area contributed by atoms with Crippen molar-refractivity contribution in [1.29, 1.82) is 0 Å². The number of hydrogen-bond donors (Lipinski definition) is 1. The molecule has 1 fully saturated rings. The van der Waals surface area contributed by atoms with E-state index in [0.29, 0.717) is 31.0 Å². The molecule has 0 saturated carbocycles. The minimum Gasteiger partial charge on any atom is -0.493 e. The predicted molar refractivity (Wildman–Crippen MR) is 110 cm³/mol. The molecule has 1 aromatic rings. The molecule has 1 saturated heterocycles. The Kier molecular flexibility index (Phi) is 8.85. The highest BCUT2D eigenvalue weighted by molar-refractivity contribution is 5.91. The van der Waals surface area contributed by atoms with E-state index in [-0.39, 0.29) is 17.9 Å². The van der Waals surface area contributed by atoms with E-state index in [1.165, 1.54) is 6.08 Å². The maximum Gasteiger partial charge on any atom is 0.244 e. The summed E-state index contributed by atoms with van der Waals surface area (Å²) < 4.78 is 11.0. The van der Waals surface area contributed by atoms with Gasteiger partial charge < -0.3 is 19.7 Å². The van der Waals surface area contributed by atoms with Crippen LogP contribution in [0.5, 0.6) is 11.5 Å². The van der Waals surface area contributed by atoms with Crippen molar-refractivity contribution in [3.63, 3.8) is 0 Å². The first-order chi connectivity index (χ1) is 13.5. The zero-order valence-corrected chi connectivity index (χ0v) is 17.2. The number of hydrogen-bond acceptors (Lipinski definition) is 4. The van der Waals surface area contributed by atoms with Crippen LogP contribution >= 0.6 is 0 Å². The van der Waals surface area contributed by atoms with E-state index in [9.17, 15) is 9.59 Å². The van der Waals surface area contributed by atoms with Crippen LogP contribution in [-0.2, 0) is 9.59 Å². The molecule has 1 heterocycles. The molecule has 154 valence electrons. The summed E-state index contributed by atoms with van der Waals surface area (Å²) in [5, 5.41) is 2.87. The Hall–Kier alpha value is -2.50. The second-order valence-corrected chi connectivity index (χ2v) is 7.25. The first kappa shape index (κ1) is 21.8. The minimum atomic E-state index is -0.149. The number of rotatable bonds is 9. The predicted octanol–water partition coefficient (Wildman–Crippen LogP) is 3.40. The van der Waals surface area contributed by atoms with Gasteiger partial charge in [-0.2, -0.15) is 0 Å². The molecule has 2 amide bonds. The fraction of sp³-hybridized carbons (Fsp3) is 0.545. The lowest BCUT2D eigenvalue weighted by Gasteiger charge is -2.20. The second-order valence-electron chi connectivity index (χ2n) is 7.25. The van der Waals surface area contributed by atoms with Crippen molar-refractivity contribution < 1.29 is 19.1 Å². The monoisotopic (exact) mass is 388 g/mol. The summed E-state index contributed by atoms with van der Waals surface area (Å²) in [6, 6.07) is 5.57. The summed E-state index contributed by atoms with van der Waals surface area (Å²) in [5.74, 6) is 1.41. The largest absolute Gasteiger partial charge is 0.493 e. The number of nitrogens with zero attached hydrogens (tertiary/aromatic N) is 1. The second kappa shape index (κ2) is 11.4. The van der Waals surface area contributed by atoms with E-state index in [0.717, 1.165) is 37.8 Å². The van der Waals surface area contributed by atoms with Crippen LogP contribution < -0.4 is 14.8 Å². The molecule has 0 aromatic heterocycles. The van der Waals surface area contributed by atoms with Gasteiger partial charge in [-0.25, -0.2) is 0 Å². The number of amides is 2. The third kappa shape index (κ3) is 7.25. The summed E-state index contributed by atoms with van der Waals surface area (Å²) >= 11 is 0. The number of ether oxygens (including phenoxy) is 2. The molecule has 0 radical (unpaired) electrons. The molecule has 2 rings (SSSR count). The van der Waals surface area contributed by atoms with Crippen molar-refractivity contribution in [2.75, 3.05) is 26.7 Å². The quantitative estimate of drug-likeness (QED) is 0.520. The van der Waals surface area contributed by atoms with E-state index in [2.05, 4.69) is 5.32 Å². The van der Waals surface area contributed by atoms with Crippen LogP contribution in [0.15, 0.2) is 24.3 Å². The van der Waals surface area contributed by atoms with Gasteiger partial charge in [-0.3, -0.25) is 9.59 Å². The first-order valence-corrected chi connectivity index (χ1v) is 10.1. The average Bonchev–Trinajstić information content (AvgIpc) is 2.88. The van der Waals surface area contributed by atoms with Gasteiger partial charge in [0.25, 0.3) is 0 Å². The topological polar surface area (TPSA) is 67.9 Å². The van der Waals surface area contributed by atoms with Gasteiger partial charge in [-0.1, -0.05) is 12.5 Å². The highest BCUT2D eigenvalue weighted by Gasteiger charge is 2.15. The Bertz CT molecular complexity index is 685. The van der Waals surface area contributed by atoms with Crippen molar-refractivity contribution >= 4 is 17.9 Å². The van der Waals surface area contributed by atoms with Gasteiger partial charge in [0.05, 0.1) is 13.2 Å². The zero-order valence-electron chi connectivity index (χ0n) is 17.2. The number of nitrogens with one attached hydrogen (secondary N) is 1. The smallest absolute Gasteiger partial charge is 0.244 e. The van der Waals surface area contributed by atoms with Crippen LogP contribution in [0.1, 0.15) is 51.5 Å². The number of benzene rings is 1. The fourth-order valence-corrected chi connectivity index (χ4v) is 3.13. The van der Waals surface area contributed by atoms with Crippen LogP contribution in [0, 0.1) is 0 Å². The Morgan fingerprint density at radius 1 is 1.25 bits per heavy atom. The molecule has 6 nitrogen and oxygen atoms in total. The molecule has 6 heteroatoms. The van der Waals surface area contributed by atoms with Gasteiger partial charge in [0.2, 0.25) is 11.8 Å². The summed E-state index contributed by atoms with van der Waals surface area (Å²) in [4.78, 5) is 25.9. The van der Waals surface area contributed by atoms with Crippen molar-refractivity contribution in [2.45, 2.75) is 52.1 Å². The number of carbonyl (C=O) groups excluding carboxylic acids is 2. The van der Waals surface area contributed by atoms with E-state index >= 15 is 0 Å². The van der Waals surface area contributed by atoms with E-state index in [1.807, 2.05) is 36.9 Å².